The summed E-state index contributed by atoms with van der Waals surface area (Å²) < 4.78 is 51.9. The van der Waals surface area contributed by atoms with Gasteiger partial charge >= 0.3 is 15.6 Å². The van der Waals surface area contributed by atoms with E-state index in [0.29, 0.717) is 0 Å². The van der Waals surface area contributed by atoms with Gasteiger partial charge in [-0.1, -0.05) is 0 Å². The number of hydrogen-bond acceptors (Lipinski definition) is 10. The van der Waals surface area contributed by atoms with Crippen LogP contribution in [0.5, 0.6) is 0 Å². The summed E-state index contributed by atoms with van der Waals surface area (Å²) >= 11 is 0. The quantitative estimate of drug-likeness (QED) is 0.248. The summed E-state index contributed by atoms with van der Waals surface area (Å²) in [6.45, 7) is -0.916. The van der Waals surface area contributed by atoms with E-state index in [2.05, 4.69) is 23.8 Å². The molecule has 17 heteroatoms. The summed E-state index contributed by atoms with van der Waals surface area (Å²) in [5.74, 6) is 0. The van der Waals surface area contributed by atoms with Crippen LogP contribution >= 0.6 is 15.6 Å². The Morgan fingerprint density at radius 2 is 2.04 bits per heavy atom. The lowest BCUT2D eigenvalue weighted by molar-refractivity contribution is -0.0503. The average molecular weight is 431 g/mol. The first-order chi connectivity index (χ1) is 13.3. The molecule has 1 aliphatic rings. The Balaban J connectivity index is 1.85. The van der Waals surface area contributed by atoms with Gasteiger partial charge in [0.05, 0.1) is 19.2 Å². The Labute approximate surface area is 152 Å². The average Bonchev–Trinajstić information content (AvgIpc) is 3.01. The number of nitrogens with zero attached hydrogens (tertiary/aromatic N) is 3. The Morgan fingerprint density at radius 3 is 2.70 bits per heavy atom. The van der Waals surface area contributed by atoms with Crippen LogP contribution in [0.2, 0.25) is 0 Å². The number of hydrogen-bond donors (Lipinski definition) is 7. The highest BCUT2D eigenvalue weighted by atomic mass is 31.3. The van der Waals surface area contributed by atoms with Crippen molar-refractivity contribution in [1.29, 1.82) is 5.41 Å². The third-order valence-electron chi connectivity index (χ3n) is 3.50. The molecule has 15 nitrogen and oxygen atoms in total. The number of fused-ring (bicyclic) bond motifs is 1. The Morgan fingerprint density at radius 1 is 1.33 bits per heavy atom. The highest BCUT2D eigenvalue weighted by molar-refractivity contribution is 7.60. The fourth-order valence-electron chi connectivity index (χ4n) is 2.39. The van der Waals surface area contributed by atoms with E-state index in [0.717, 1.165) is 4.57 Å². The topological polar surface area (TPSA) is 233 Å². The van der Waals surface area contributed by atoms with Crippen molar-refractivity contribution in [2.24, 2.45) is 0 Å². The van der Waals surface area contributed by atoms with Crippen LogP contribution < -0.4 is 5.49 Å². The zero-order valence-electron chi connectivity index (χ0n) is 15.0. The van der Waals surface area contributed by atoms with Gasteiger partial charge in [0.15, 0.2) is 11.7 Å². The maximum absolute atomic E-state index is 11.5. The van der Waals surface area contributed by atoms with Crippen LogP contribution in [0.25, 0.3) is 11.2 Å². The Kier molecular flexibility index (Phi) is 4.65. The Bertz CT molecular complexity index is 1090. The van der Waals surface area contributed by atoms with Crippen molar-refractivity contribution < 1.29 is 50.3 Å². The first-order valence-corrected chi connectivity index (χ1v) is 10.1. The normalized spacial score (nSPS) is 29.5. The molecular formula is C10H15N5O10P2. The summed E-state index contributed by atoms with van der Waals surface area (Å²) in [5.41, 5.74) is -0.596. The number of ether oxygens (including phenoxy) is 1. The van der Waals surface area contributed by atoms with Crippen molar-refractivity contribution in [3.8, 4) is 0 Å². The molecule has 3 rings (SSSR count). The smallest absolute Gasteiger partial charge is 0.387 e. The van der Waals surface area contributed by atoms with Gasteiger partial charge in [0.1, 0.15) is 32.2 Å². The second-order valence-electron chi connectivity index (χ2n) is 5.36. The lowest BCUT2D eigenvalue weighted by Crippen LogP contribution is -2.33. The van der Waals surface area contributed by atoms with Crippen molar-refractivity contribution in [3.05, 3.63) is 18.1 Å². The number of nitrogens with one attached hydrogen (secondary N) is 2. The molecule has 0 aromatic carbocycles. The minimum Gasteiger partial charge on any atom is -0.387 e. The van der Waals surface area contributed by atoms with Crippen LogP contribution in [-0.4, -0.2) is 69.3 Å². The Hall–Kier alpha value is -1.51. The van der Waals surface area contributed by atoms with Crippen molar-refractivity contribution in [1.82, 2.24) is 19.5 Å². The standard InChI is InChI=1S/C10H15N5O10P2/c11-8-5-9(13-2-12-8)15(3-14-5)10-7(17)6(16)4(24-10)1-23-27(21,22)25-26(18,19)20/h2-4,6-7,10,16-17H,1H2,(H,21,22)(H2,11,12,13)(H2,18,19,20)/t4-,6-,7-,10-/m1/s1/i2T,3T. The molecular weight excluding hydrogens is 412 g/mol. The number of aliphatic hydroxyl groups is 2. The van der Waals surface area contributed by atoms with Gasteiger partial charge < -0.3 is 34.6 Å². The van der Waals surface area contributed by atoms with E-state index in [1.807, 2.05) is 0 Å². The van der Waals surface area contributed by atoms with Crippen LogP contribution in [0.4, 0.5) is 0 Å². The second-order valence-corrected chi connectivity index (χ2v) is 8.19. The highest BCUT2D eigenvalue weighted by Crippen LogP contribution is 2.57. The fraction of sp³-hybridized carbons (Fsp3) is 0.500. The van der Waals surface area contributed by atoms with Crippen LogP contribution in [0.3, 0.4) is 0 Å². The van der Waals surface area contributed by atoms with Crippen LogP contribution in [0, 0.1) is 5.41 Å². The molecule has 7 N–H and O–H groups in total. The number of rotatable bonds is 6. The van der Waals surface area contributed by atoms with E-state index < -0.39 is 64.9 Å². The minimum atomic E-state index is -5.34. The molecule has 0 amide bonds. The second kappa shape index (κ2) is 7.14. The van der Waals surface area contributed by atoms with Crippen molar-refractivity contribution in [2.75, 3.05) is 6.61 Å². The summed E-state index contributed by atoms with van der Waals surface area (Å²) in [4.78, 5) is 36.2. The van der Waals surface area contributed by atoms with Gasteiger partial charge in [-0.25, -0.2) is 19.1 Å². The van der Waals surface area contributed by atoms with E-state index >= 15 is 0 Å². The highest BCUT2D eigenvalue weighted by Gasteiger charge is 2.45. The molecule has 1 unspecified atom stereocenters. The number of imidazole rings is 1. The fourth-order valence-corrected chi connectivity index (χ4v) is 3.98. The molecule has 1 saturated heterocycles. The van der Waals surface area contributed by atoms with E-state index in [1.54, 1.807) is 0 Å². The van der Waals surface area contributed by atoms with Crippen molar-refractivity contribution in [3.63, 3.8) is 0 Å². The van der Waals surface area contributed by atoms with Crippen LogP contribution in [-0.2, 0) is 22.7 Å². The molecule has 3 heterocycles. The predicted molar refractivity (Wildman–Crippen MR) is 82.6 cm³/mol. The number of phosphoric ester groups is 1. The van der Waals surface area contributed by atoms with Crippen molar-refractivity contribution in [2.45, 2.75) is 24.5 Å². The molecule has 2 aromatic heterocycles. The molecule has 0 spiro atoms. The minimum absolute atomic E-state index is 0.0736. The van der Waals surface area contributed by atoms with Gasteiger partial charge in [0.2, 0.25) is 0 Å². The summed E-state index contributed by atoms with van der Waals surface area (Å²) in [7, 11) is -10.6. The van der Waals surface area contributed by atoms with E-state index in [1.165, 1.54) is 0 Å². The number of H-pyrrole nitrogens is 1. The molecule has 0 aliphatic carbocycles. The molecule has 150 valence electrons. The third kappa shape index (κ3) is 4.33. The lowest BCUT2D eigenvalue weighted by atomic mass is 10.1. The summed E-state index contributed by atoms with van der Waals surface area (Å²) in [6.07, 6.45) is -7.30. The zero-order valence-corrected chi connectivity index (χ0v) is 14.8. The van der Waals surface area contributed by atoms with E-state index in [4.69, 9.17) is 22.7 Å². The van der Waals surface area contributed by atoms with E-state index in [9.17, 15) is 24.2 Å². The van der Waals surface area contributed by atoms with Crippen LogP contribution in [0.15, 0.2) is 12.6 Å². The van der Waals surface area contributed by atoms with Gasteiger partial charge in [-0.2, -0.15) is 4.31 Å². The monoisotopic (exact) mass is 431 g/mol. The predicted octanol–water partition coefficient (Wildman–Crippen LogP) is -1.92. The van der Waals surface area contributed by atoms with Gasteiger partial charge in [0, 0.05) is 0 Å². The van der Waals surface area contributed by atoms with Gasteiger partial charge in [-0.15, -0.1) is 0 Å². The third-order valence-corrected chi connectivity index (χ3v) is 5.66. The number of aromatic amines is 1. The maximum Gasteiger partial charge on any atom is 0.481 e. The van der Waals surface area contributed by atoms with E-state index in [-0.39, 0.29) is 11.2 Å². The SMILES string of the molecule is [3H]c1nc(=N)c2nc([3H])n([C@@H]3O[C@H](COP(=O)(O)OP(=O)(O)O)[C@@H](O)[C@H]3O)c2[nH]1. The number of aromatic nitrogens is 4. The van der Waals surface area contributed by atoms with Gasteiger partial charge in [-0.3, -0.25) is 14.5 Å². The van der Waals surface area contributed by atoms with Crippen LogP contribution in [0.1, 0.15) is 8.97 Å². The molecule has 1 aliphatic heterocycles. The number of phosphoric acid groups is 2. The number of aliphatic hydroxyl groups excluding tert-OH is 2. The van der Waals surface area contributed by atoms with Crippen molar-refractivity contribution >= 4 is 26.8 Å². The molecule has 0 bridgehead atoms. The van der Waals surface area contributed by atoms with Gasteiger partial charge in [-0.05, 0) is 0 Å². The molecule has 0 saturated carbocycles. The summed E-state index contributed by atoms with van der Waals surface area (Å²) in [5, 5.41) is 28.1. The zero-order chi connectivity index (χ0) is 21.7. The first kappa shape index (κ1) is 17.6. The maximum atomic E-state index is 11.5. The summed E-state index contributed by atoms with van der Waals surface area (Å²) in [6, 6.07) is 0. The van der Waals surface area contributed by atoms with Gasteiger partial charge in [0.25, 0.3) is 0 Å². The first-order valence-electron chi connectivity index (χ1n) is 8.05. The lowest BCUT2D eigenvalue weighted by Gasteiger charge is -2.17. The molecule has 2 aromatic rings. The molecule has 27 heavy (non-hydrogen) atoms. The molecule has 5 atom stereocenters. The molecule has 1 fully saturated rings. The molecule has 0 radical (unpaired) electrons. The largest absolute Gasteiger partial charge is 0.481 e.